The zero-order chi connectivity index (χ0) is 15.3. The summed E-state index contributed by atoms with van der Waals surface area (Å²) in [6, 6.07) is 4.12. The van der Waals surface area contributed by atoms with Gasteiger partial charge in [-0.1, -0.05) is 89.9 Å². The summed E-state index contributed by atoms with van der Waals surface area (Å²) in [6.45, 7) is 21.5. The first kappa shape index (κ1) is 19.5. The van der Waals surface area contributed by atoms with Gasteiger partial charge in [0.05, 0.1) is 0 Å². The van der Waals surface area contributed by atoms with Crippen molar-refractivity contribution in [3.63, 3.8) is 0 Å². The van der Waals surface area contributed by atoms with Gasteiger partial charge in [-0.25, -0.2) is 0 Å². The van der Waals surface area contributed by atoms with E-state index < -0.39 is 0 Å². The van der Waals surface area contributed by atoms with Crippen molar-refractivity contribution in [2.24, 2.45) is 0 Å². The maximum absolute atomic E-state index is 3.84. The van der Waals surface area contributed by atoms with Crippen molar-refractivity contribution < 1.29 is 0 Å². The lowest BCUT2D eigenvalue weighted by molar-refractivity contribution is 1.50. The quantitative estimate of drug-likeness (QED) is 0.562. The molecule has 0 aliphatic carbocycles. The summed E-state index contributed by atoms with van der Waals surface area (Å²) in [7, 11) is 0. The molecule has 0 atom stereocenters. The average Bonchev–Trinajstić information content (AvgIpc) is 2.50. The SMILES string of the molecule is C=Cc1ccc(/C=C\C)c(C=C)c1C=C.CC.CC. The highest BCUT2D eigenvalue weighted by atomic mass is 14.1. The smallest absolute Gasteiger partial charge is 0.0112 e. The summed E-state index contributed by atoms with van der Waals surface area (Å²) >= 11 is 0. The van der Waals surface area contributed by atoms with Crippen molar-refractivity contribution in [3.05, 3.63) is 60.2 Å². The molecule has 0 amide bonds. The van der Waals surface area contributed by atoms with Gasteiger partial charge in [-0.05, 0) is 29.2 Å². The molecule has 0 heterocycles. The second kappa shape index (κ2) is 12.6. The molecular formula is C19H28. The monoisotopic (exact) mass is 256 g/mol. The van der Waals surface area contributed by atoms with Crippen LogP contribution in [0.2, 0.25) is 0 Å². The predicted octanol–water partition coefficient (Wildman–Crippen LogP) is 6.70. The van der Waals surface area contributed by atoms with E-state index in [9.17, 15) is 0 Å². The maximum atomic E-state index is 3.84. The van der Waals surface area contributed by atoms with Gasteiger partial charge < -0.3 is 0 Å². The van der Waals surface area contributed by atoms with Gasteiger partial charge in [0.1, 0.15) is 0 Å². The molecule has 0 aromatic heterocycles. The number of allylic oxidation sites excluding steroid dienone is 1. The molecule has 0 bridgehead atoms. The molecule has 104 valence electrons. The first-order valence-electron chi connectivity index (χ1n) is 6.95. The molecule has 0 aliphatic heterocycles. The fraction of sp³-hybridized carbons (Fsp3) is 0.263. The Hall–Kier alpha value is -1.82. The van der Waals surface area contributed by atoms with Crippen LogP contribution < -0.4 is 0 Å². The number of benzene rings is 1. The Balaban J connectivity index is 0. The van der Waals surface area contributed by atoms with E-state index in [0.717, 1.165) is 22.3 Å². The summed E-state index contributed by atoms with van der Waals surface area (Å²) < 4.78 is 0. The van der Waals surface area contributed by atoms with Gasteiger partial charge in [-0.2, -0.15) is 0 Å². The summed E-state index contributed by atoms with van der Waals surface area (Å²) in [5.74, 6) is 0. The highest BCUT2D eigenvalue weighted by Crippen LogP contribution is 2.23. The topological polar surface area (TPSA) is 0 Å². The Labute approximate surface area is 119 Å². The fourth-order valence-electron chi connectivity index (χ4n) is 1.63. The standard InChI is InChI=1S/C15H16.2C2H6/c1-5-9-13-11-10-12(6-2)14(7-3)15(13)8-4;2*1-2/h5-11H,2-4H2,1H3;2*1-2H3/b9-5-;;. The molecule has 19 heavy (non-hydrogen) atoms. The minimum atomic E-state index is 1.09. The van der Waals surface area contributed by atoms with Crippen molar-refractivity contribution in [1.82, 2.24) is 0 Å². The highest BCUT2D eigenvalue weighted by molar-refractivity contribution is 5.78. The lowest BCUT2D eigenvalue weighted by atomic mass is 9.95. The first-order chi connectivity index (χ1) is 9.28. The molecular weight excluding hydrogens is 228 g/mol. The van der Waals surface area contributed by atoms with Crippen LogP contribution in [0, 0.1) is 0 Å². The van der Waals surface area contributed by atoms with E-state index in [-0.39, 0.29) is 0 Å². The van der Waals surface area contributed by atoms with E-state index in [1.54, 1.807) is 0 Å². The first-order valence-corrected chi connectivity index (χ1v) is 6.95. The van der Waals surface area contributed by atoms with Crippen LogP contribution in [0.5, 0.6) is 0 Å². The van der Waals surface area contributed by atoms with Gasteiger partial charge in [0.25, 0.3) is 0 Å². The molecule has 1 aromatic rings. The summed E-state index contributed by atoms with van der Waals surface area (Å²) in [5.41, 5.74) is 4.46. The Kier molecular flexibility index (Phi) is 13.0. The third kappa shape index (κ3) is 5.56. The fourth-order valence-corrected chi connectivity index (χ4v) is 1.63. The van der Waals surface area contributed by atoms with Crippen molar-refractivity contribution >= 4 is 24.3 Å². The Bertz CT molecular complexity index is 420. The molecule has 0 saturated carbocycles. The van der Waals surface area contributed by atoms with Crippen molar-refractivity contribution in [2.75, 3.05) is 0 Å². The highest BCUT2D eigenvalue weighted by Gasteiger charge is 2.04. The van der Waals surface area contributed by atoms with Gasteiger partial charge in [0.2, 0.25) is 0 Å². The van der Waals surface area contributed by atoms with Gasteiger partial charge in [-0.3, -0.25) is 0 Å². The molecule has 0 N–H and O–H groups in total. The summed E-state index contributed by atoms with van der Waals surface area (Å²) in [6.07, 6.45) is 9.63. The van der Waals surface area contributed by atoms with Crippen LogP contribution in [0.4, 0.5) is 0 Å². The zero-order valence-corrected chi connectivity index (χ0v) is 13.2. The molecule has 1 aromatic carbocycles. The minimum absolute atomic E-state index is 1.09. The molecule has 0 spiro atoms. The Morgan fingerprint density at radius 1 is 0.737 bits per heavy atom. The van der Waals surface area contributed by atoms with Gasteiger partial charge in [-0.15, -0.1) is 0 Å². The molecule has 0 nitrogen and oxygen atoms in total. The third-order valence-electron chi connectivity index (χ3n) is 2.33. The van der Waals surface area contributed by atoms with Crippen LogP contribution in [0.3, 0.4) is 0 Å². The van der Waals surface area contributed by atoms with E-state index in [1.807, 2.05) is 65.0 Å². The maximum Gasteiger partial charge on any atom is -0.0112 e. The van der Waals surface area contributed by atoms with Crippen molar-refractivity contribution in [1.29, 1.82) is 0 Å². The van der Waals surface area contributed by atoms with Crippen LogP contribution in [0.25, 0.3) is 24.3 Å². The van der Waals surface area contributed by atoms with E-state index in [2.05, 4.69) is 31.9 Å². The Morgan fingerprint density at radius 2 is 1.16 bits per heavy atom. The number of rotatable bonds is 4. The van der Waals surface area contributed by atoms with Crippen molar-refractivity contribution in [2.45, 2.75) is 34.6 Å². The molecule has 1 rings (SSSR count). The normalized spacial score (nSPS) is 8.68. The molecule has 0 aliphatic rings. The van der Waals surface area contributed by atoms with E-state index >= 15 is 0 Å². The second-order valence-electron chi connectivity index (χ2n) is 3.18. The Morgan fingerprint density at radius 3 is 1.53 bits per heavy atom. The van der Waals surface area contributed by atoms with E-state index in [0.29, 0.717) is 0 Å². The van der Waals surface area contributed by atoms with E-state index in [4.69, 9.17) is 0 Å². The van der Waals surface area contributed by atoms with Crippen molar-refractivity contribution in [3.8, 4) is 0 Å². The molecule has 0 unspecified atom stereocenters. The summed E-state index contributed by atoms with van der Waals surface area (Å²) in [4.78, 5) is 0. The average molecular weight is 256 g/mol. The number of hydrogen-bond acceptors (Lipinski definition) is 0. The minimum Gasteiger partial charge on any atom is -0.0984 e. The van der Waals surface area contributed by atoms with Gasteiger partial charge >= 0.3 is 0 Å². The van der Waals surface area contributed by atoms with Crippen LogP contribution >= 0.6 is 0 Å². The number of hydrogen-bond donors (Lipinski definition) is 0. The lowest BCUT2D eigenvalue weighted by Gasteiger charge is -2.09. The van der Waals surface area contributed by atoms with Gasteiger partial charge in [0.15, 0.2) is 0 Å². The third-order valence-corrected chi connectivity index (χ3v) is 2.33. The molecule has 0 heteroatoms. The van der Waals surface area contributed by atoms with Gasteiger partial charge in [0, 0.05) is 0 Å². The second-order valence-corrected chi connectivity index (χ2v) is 3.18. The van der Waals surface area contributed by atoms with Crippen LogP contribution in [-0.4, -0.2) is 0 Å². The van der Waals surface area contributed by atoms with Crippen LogP contribution in [0.1, 0.15) is 56.9 Å². The predicted molar refractivity (Wildman–Crippen MR) is 94.1 cm³/mol. The summed E-state index contributed by atoms with van der Waals surface area (Å²) in [5, 5.41) is 0. The molecule has 0 saturated heterocycles. The van der Waals surface area contributed by atoms with Crippen LogP contribution in [0.15, 0.2) is 37.9 Å². The largest absolute Gasteiger partial charge is 0.0984 e. The van der Waals surface area contributed by atoms with Crippen LogP contribution in [-0.2, 0) is 0 Å². The molecule has 0 radical (unpaired) electrons. The van der Waals surface area contributed by atoms with E-state index in [1.165, 1.54) is 0 Å². The lowest BCUT2D eigenvalue weighted by Crippen LogP contribution is -1.89. The molecule has 0 fully saturated rings. The zero-order valence-electron chi connectivity index (χ0n) is 13.2.